The van der Waals surface area contributed by atoms with Gasteiger partial charge in [0, 0.05) is 71.9 Å². The second kappa shape index (κ2) is 19.4. The van der Waals surface area contributed by atoms with Gasteiger partial charge in [0.2, 0.25) is 0 Å². The molecular weight excluding hydrogens is 268 g/mol. The molecule has 0 atom stereocenters. The lowest BCUT2D eigenvalue weighted by Gasteiger charge is -2.08. The van der Waals surface area contributed by atoms with Gasteiger partial charge in [-0.15, -0.1) is 0 Å². The molecule has 0 aromatic heterocycles. The standard InChI is InChI=1S/C14H34N6O/c15-3-5-17-7-9-19-11-13-20-12-10-18-8-6-16-4-1-2-14-21/h14,16-20H,1-13,15H2. The zero-order chi connectivity index (χ0) is 15.4. The molecule has 21 heavy (non-hydrogen) atoms. The molecular formula is C14H34N6O. The van der Waals surface area contributed by atoms with Crippen LogP contribution < -0.4 is 32.3 Å². The second-order valence-corrected chi connectivity index (χ2v) is 4.85. The molecule has 0 amide bonds. The van der Waals surface area contributed by atoms with E-state index in [4.69, 9.17) is 5.73 Å². The number of hydrogen-bond donors (Lipinski definition) is 6. The molecule has 0 heterocycles. The molecule has 7 nitrogen and oxygen atoms in total. The molecule has 0 aromatic carbocycles. The molecule has 126 valence electrons. The molecule has 0 bridgehead atoms. The average Bonchev–Trinajstić information content (AvgIpc) is 2.50. The summed E-state index contributed by atoms with van der Waals surface area (Å²) >= 11 is 0. The van der Waals surface area contributed by atoms with Crippen molar-refractivity contribution in [3.05, 3.63) is 0 Å². The van der Waals surface area contributed by atoms with Gasteiger partial charge in [-0.3, -0.25) is 0 Å². The number of carbonyl (C=O) groups is 1. The van der Waals surface area contributed by atoms with Gasteiger partial charge in [-0.05, 0) is 13.0 Å². The number of aldehydes is 1. The Morgan fingerprint density at radius 2 is 1.00 bits per heavy atom. The van der Waals surface area contributed by atoms with E-state index in [0.717, 1.165) is 78.2 Å². The Morgan fingerprint density at radius 3 is 1.38 bits per heavy atom. The number of nitrogens with one attached hydrogen (secondary N) is 5. The molecule has 0 saturated carbocycles. The minimum atomic E-state index is 0.654. The number of unbranched alkanes of at least 4 members (excludes halogenated alkanes) is 1. The predicted octanol–water partition coefficient (Wildman–Crippen LogP) is -2.13. The summed E-state index contributed by atoms with van der Waals surface area (Å²) in [6.45, 7) is 10.3. The van der Waals surface area contributed by atoms with Crippen molar-refractivity contribution in [3.8, 4) is 0 Å². The Hall–Kier alpha value is -0.570. The Bertz CT molecular complexity index is 206. The minimum absolute atomic E-state index is 0.654. The van der Waals surface area contributed by atoms with Crippen LogP contribution in [0.4, 0.5) is 0 Å². The summed E-state index contributed by atoms with van der Waals surface area (Å²) < 4.78 is 0. The Morgan fingerprint density at radius 1 is 0.619 bits per heavy atom. The molecule has 0 rings (SSSR count). The van der Waals surface area contributed by atoms with Gasteiger partial charge < -0.3 is 37.1 Å². The van der Waals surface area contributed by atoms with E-state index in [0.29, 0.717) is 13.0 Å². The number of rotatable bonds is 18. The van der Waals surface area contributed by atoms with Crippen molar-refractivity contribution in [2.45, 2.75) is 12.8 Å². The third-order valence-corrected chi connectivity index (χ3v) is 2.91. The van der Waals surface area contributed by atoms with Crippen molar-refractivity contribution >= 4 is 6.29 Å². The smallest absolute Gasteiger partial charge is 0.120 e. The summed E-state index contributed by atoms with van der Waals surface area (Å²) in [6.07, 6.45) is 2.55. The van der Waals surface area contributed by atoms with Gasteiger partial charge >= 0.3 is 0 Å². The van der Waals surface area contributed by atoms with Crippen molar-refractivity contribution in [3.63, 3.8) is 0 Å². The van der Waals surface area contributed by atoms with Crippen molar-refractivity contribution < 1.29 is 4.79 Å². The van der Waals surface area contributed by atoms with E-state index in [9.17, 15) is 4.79 Å². The first-order valence-electron chi connectivity index (χ1n) is 8.09. The van der Waals surface area contributed by atoms with Crippen LogP contribution in [0.15, 0.2) is 0 Å². The van der Waals surface area contributed by atoms with Crippen LogP contribution in [0.5, 0.6) is 0 Å². The molecule has 0 aromatic rings. The summed E-state index contributed by atoms with van der Waals surface area (Å²) in [4.78, 5) is 10.1. The predicted molar refractivity (Wildman–Crippen MR) is 88.7 cm³/mol. The lowest BCUT2D eigenvalue weighted by Crippen LogP contribution is -2.37. The Balaban J connectivity index is 2.91. The average molecular weight is 302 g/mol. The van der Waals surface area contributed by atoms with E-state index < -0.39 is 0 Å². The maximum absolute atomic E-state index is 10.1. The molecule has 7 heteroatoms. The van der Waals surface area contributed by atoms with Crippen molar-refractivity contribution in [2.75, 3.05) is 72.0 Å². The van der Waals surface area contributed by atoms with Gasteiger partial charge in [-0.25, -0.2) is 0 Å². The van der Waals surface area contributed by atoms with Gasteiger partial charge in [0.25, 0.3) is 0 Å². The normalized spacial score (nSPS) is 10.9. The minimum Gasteiger partial charge on any atom is -0.329 e. The Labute approximate surface area is 129 Å². The van der Waals surface area contributed by atoms with Gasteiger partial charge in [-0.2, -0.15) is 0 Å². The van der Waals surface area contributed by atoms with Gasteiger partial charge in [0.05, 0.1) is 0 Å². The van der Waals surface area contributed by atoms with Gasteiger partial charge in [0.1, 0.15) is 6.29 Å². The van der Waals surface area contributed by atoms with Crippen molar-refractivity contribution in [1.82, 2.24) is 26.6 Å². The molecule has 0 aliphatic carbocycles. The van der Waals surface area contributed by atoms with Crippen LogP contribution >= 0.6 is 0 Å². The van der Waals surface area contributed by atoms with E-state index in [-0.39, 0.29) is 0 Å². The van der Waals surface area contributed by atoms with Gasteiger partial charge in [0.15, 0.2) is 0 Å². The van der Waals surface area contributed by atoms with Crippen LogP contribution in [0.3, 0.4) is 0 Å². The summed E-state index contributed by atoms with van der Waals surface area (Å²) in [6, 6.07) is 0. The highest BCUT2D eigenvalue weighted by Gasteiger charge is 1.91. The Kier molecular flexibility index (Phi) is 18.9. The molecule has 0 aliphatic heterocycles. The van der Waals surface area contributed by atoms with Crippen LogP contribution in [0.25, 0.3) is 0 Å². The van der Waals surface area contributed by atoms with E-state index in [1.165, 1.54) is 0 Å². The quantitative estimate of drug-likeness (QED) is 0.127. The summed E-state index contributed by atoms with van der Waals surface area (Å²) in [7, 11) is 0. The van der Waals surface area contributed by atoms with E-state index in [1.54, 1.807) is 0 Å². The summed E-state index contributed by atoms with van der Waals surface area (Å²) in [5.74, 6) is 0. The monoisotopic (exact) mass is 302 g/mol. The topological polar surface area (TPSA) is 103 Å². The molecule has 0 spiro atoms. The second-order valence-electron chi connectivity index (χ2n) is 4.85. The fourth-order valence-corrected chi connectivity index (χ4v) is 1.74. The van der Waals surface area contributed by atoms with Crippen LogP contribution in [-0.4, -0.2) is 78.3 Å². The lowest BCUT2D eigenvalue weighted by molar-refractivity contribution is -0.107. The van der Waals surface area contributed by atoms with Crippen LogP contribution in [-0.2, 0) is 4.79 Å². The van der Waals surface area contributed by atoms with E-state index in [1.807, 2.05) is 0 Å². The zero-order valence-corrected chi connectivity index (χ0v) is 13.3. The molecule has 0 fully saturated rings. The SMILES string of the molecule is NCCNCCNCCNCCNCCNCCCC=O. The first-order valence-corrected chi connectivity index (χ1v) is 8.09. The highest BCUT2D eigenvalue weighted by molar-refractivity contribution is 5.48. The summed E-state index contributed by atoms with van der Waals surface area (Å²) in [5, 5.41) is 16.6. The first kappa shape index (κ1) is 20.4. The third-order valence-electron chi connectivity index (χ3n) is 2.91. The van der Waals surface area contributed by atoms with Crippen LogP contribution in [0.2, 0.25) is 0 Å². The number of nitrogens with two attached hydrogens (primary N) is 1. The van der Waals surface area contributed by atoms with Crippen molar-refractivity contribution in [1.29, 1.82) is 0 Å². The molecule has 0 saturated heterocycles. The van der Waals surface area contributed by atoms with Crippen molar-refractivity contribution in [2.24, 2.45) is 5.73 Å². The summed E-state index contributed by atoms with van der Waals surface area (Å²) in [5.41, 5.74) is 5.38. The molecule has 0 radical (unpaired) electrons. The highest BCUT2D eigenvalue weighted by atomic mass is 16.1. The maximum atomic E-state index is 10.1. The fraction of sp³-hybridized carbons (Fsp3) is 0.929. The lowest BCUT2D eigenvalue weighted by atomic mass is 10.3. The van der Waals surface area contributed by atoms with Gasteiger partial charge in [-0.1, -0.05) is 0 Å². The maximum Gasteiger partial charge on any atom is 0.120 e. The van der Waals surface area contributed by atoms with Crippen LogP contribution in [0, 0.1) is 0 Å². The fourth-order valence-electron chi connectivity index (χ4n) is 1.74. The van der Waals surface area contributed by atoms with E-state index >= 15 is 0 Å². The van der Waals surface area contributed by atoms with Crippen LogP contribution in [0.1, 0.15) is 12.8 Å². The number of carbonyl (C=O) groups excluding carboxylic acids is 1. The first-order chi connectivity index (χ1) is 10.4. The molecule has 0 unspecified atom stereocenters. The largest absolute Gasteiger partial charge is 0.329 e. The zero-order valence-electron chi connectivity index (χ0n) is 13.3. The molecule has 0 aliphatic rings. The number of hydrogen-bond acceptors (Lipinski definition) is 7. The van der Waals surface area contributed by atoms with E-state index in [2.05, 4.69) is 26.6 Å². The highest BCUT2D eigenvalue weighted by Crippen LogP contribution is 1.79. The third kappa shape index (κ3) is 19.4. The molecule has 7 N–H and O–H groups in total.